The zero-order valence-electron chi connectivity index (χ0n) is 13.9. The highest BCUT2D eigenvalue weighted by Crippen LogP contribution is 2.20. The van der Waals surface area contributed by atoms with Crippen molar-refractivity contribution < 1.29 is 19.1 Å². The standard InChI is InChI=1S/C18H20N2O4/c1-13(2)23-17(21)19-14-8-7-11-16(12-14)24-18(22)20(3)15-9-5-4-6-10-15/h4-13H,1-3H3,(H,19,21). The van der Waals surface area contributed by atoms with Gasteiger partial charge in [-0.25, -0.2) is 9.59 Å². The first-order chi connectivity index (χ1) is 11.5. The molecule has 0 atom stereocenters. The number of hydrogen-bond donors (Lipinski definition) is 1. The zero-order chi connectivity index (χ0) is 17.5. The van der Waals surface area contributed by atoms with Gasteiger partial charge in [-0.1, -0.05) is 24.3 Å². The Morgan fingerprint density at radius 3 is 2.42 bits per heavy atom. The molecule has 0 fully saturated rings. The third kappa shape index (κ3) is 5.01. The van der Waals surface area contributed by atoms with Crippen LogP contribution in [0.2, 0.25) is 0 Å². The number of nitrogens with zero attached hydrogens (tertiary/aromatic N) is 1. The minimum atomic E-state index is -0.560. The van der Waals surface area contributed by atoms with Crippen LogP contribution in [0.3, 0.4) is 0 Å². The van der Waals surface area contributed by atoms with Gasteiger partial charge in [0.25, 0.3) is 0 Å². The van der Waals surface area contributed by atoms with Crippen LogP contribution in [0.1, 0.15) is 13.8 Å². The van der Waals surface area contributed by atoms with Crippen molar-refractivity contribution in [3.05, 3.63) is 54.6 Å². The summed E-state index contributed by atoms with van der Waals surface area (Å²) in [5, 5.41) is 2.58. The molecular formula is C18H20N2O4. The average molecular weight is 328 g/mol. The van der Waals surface area contributed by atoms with E-state index in [9.17, 15) is 9.59 Å². The monoisotopic (exact) mass is 328 g/mol. The molecular weight excluding hydrogens is 308 g/mol. The topological polar surface area (TPSA) is 67.9 Å². The molecule has 0 aliphatic rings. The van der Waals surface area contributed by atoms with Gasteiger partial charge in [-0.2, -0.15) is 0 Å². The second-order valence-electron chi connectivity index (χ2n) is 5.37. The fraction of sp³-hybridized carbons (Fsp3) is 0.222. The molecule has 0 spiro atoms. The molecule has 0 saturated carbocycles. The molecule has 0 heterocycles. The van der Waals surface area contributed by atoms with Crippen molar-refractivity contribution in [2.75, 3.05) is 17.3 Å². The van der Waals surface area contributed by atoms with E-state index in [2.05, 4.69) is 5.32 Å². The Hall–Kier alpha value is -3.02. The summed E-state index contributed by atoms with van der Waals surface area (Å²) in [5.74, 6) is 0.324. The van der Waals surface area contributed by atoms with Crippen molar-refractivity contribution >= 4 is 23.6 Å². The van der Waals surface area contributed by atoms with Gasteiger partial charge < -0.3 is 9.47 Å². The van der Waals surface area contributed by atoms with Gasteiger partial charge in [0, 0.05) is 24.5 Å². The van der Waals surface area contributed by atoms with Gasteiger partial charge in [-0.15, -0.1) is 0 Å². The molecule has 0 unspecified atom stereocenters. The second-order valence-corrected chi connectivity index (χ2v) is 5.37. The van der Waals surface area contributed by atoms with Gasteiger partial charge in [-0.3, -0.25) is 10.2 Å². The summed E-state index contributed by atoms with van der Waals surface area (Å²) in [4.78, 5) is 25.2. The Bertz CT molecular complexity index is 701. The van der Waals surface area contributed by atoms with Crippen molar-refractivity contribution in [3.63, 3.8) is 0 Å². The number of rotatable bonds is 4. The molecule has 6 heteroatoms. The number of amides is 2. The number of carbonyl (C=O) groups excluding carboxylic acids is 2. The van der Waals surface area contributed by atoms with E-state index in [1.165, 1.54) is 4.90 Å². The lowest BCUT2D eigenvalue weighted by Gasteiger charge is -2.17. The molecule has 2 amide bonds. The molecule has 0 bridgehead atoms. The first-order valence-corrected chi connectivity index (χ1v) is 7.54. The SMILES string of the molecule is CC(C)OC(=O)Nc1cccc(OC(=O)N(C)c2ccccc2)c1. The Kier molecular flexibility index (Phi) is 5.78. The third-order valence-electron chi connectivity index (χ3n) is 3.05. The fourth-order valence-corrected chi connectivity index (χ4v) is 1.93. The average Bonchev–Trinajstić information content (AvgIpc) is 2.54. The predicted octanol–water partition coefficient (Wildman–Crippen LogP) is 4.28. The van der Waals surface area contributed by atoms with Gasteiger partial charge in [0.2, 0.25) is 0 Å². The van der Waals surface area contributed by atoms with Crippen molar-refractivity contribution in [1.82, 2.24) is 0 Å². The van der Waals surface area contributed by atoms with E-state index in [1.807, 2.05) is 18.2 Å². The van der Waals surface area contributed by atoms with E-state index < -0.39 is 12.2 Å². The number of nitrogens with one attached hydrogen (secondary N) is 1. The maximum atomic E-state index is 12.2. The minimum Gasteiger partial charge on any atom is -0.447 e. The summed E-state index contributed by atoms with van der Waals surface area (Å²) in [6, 6.07) is 15.7. The van der Waals surface area contributed by atoms with Crippen molar-refractivity contribution in [2.45, 2.75) is 20.0 Å². The molecule has 0 radical (unpaired) electrons. The number of hydrogen-bond acceptors (Lipinski definition) is 4. The number of ether oxygens (including phenoxy) is 2. The minimum absolute atomic E-state index is 0.217. The molecule has 126 valence electrons. The van der Waals surface area contributed by atoms with Crippen molar-refractivity contribution in [2.24, 2.45) is 0 Å². The maximum absolute atomic E-state index is 12.2. The van der Waals surface area contributed by atoms with E-state index in [0.717, 1.165) is 5.69 Å². The Balaban J connectivity index is 2.01. The van der Waals surface area contributed by atoms with E-state index >= 15 is 0 Å². The highest BCUT2D eigenvalue weighted by Gasteiger charge is 2.13. The summed E-state index contributed by atoms with van der Waals surface area (Å²) in [6.45, 7) is 3.52. The van der Waals surface area contributed by atoms with E-state index in [1.54, 1.807) is 57.3 Å². The summed E-state index contributed by atoms with van der Waals surface area (Å²) in [7, 11) is 1.62. The van der Waals surface area contributed by atoms with Crippen LogP contribution in [0.4, 0.5) is 21.0 Å². The number of benzene rings is 2. The number of carbonyl (C=O) groups is 2. The third-order valence-corrected chi connectivity index (χ3v) is 3.05. The summed E-state index contributed by atoms with van der Waals surface area (Å²) in [5.41, 5.74) is 1.20. The van der Waals surface area contributed by atoms with Crippen molar-refractivity contribution in [1.29, 1.82) is 0 Å². The van der Waals surface area contributed by atoms with Gasteiger partial charge in [0.1, 0.15) is 5.75 Å². The molecule has 0 aliphatic carbocycles. The summed E-state index contributed by atoms with van der Waals surface area (Å²) in [6.07, 6.45) is -1.30. The number of anilines is 2. The molecule has 2 aromatic rings. The number of para-hydroxylation sites is 1. The molecule has 6 nitrogen and oxygen atoms in total. The molecule has 1 N–H and O–H groups in total. The molecule has 0 saturated heterocycles. The van der Waals surface area contributed by atoms with Crippen molar-refractivity contribution in [3.8, 4) is 5.75 Å². The quantitative estimate of drug-likeness (QED) is 0.909. The Morgan fingerprint density at radius 1 is 1.04 bits per heavy atom. The Morgan fingerprint density at radius 2 is 1.75 bits per heavy atom. The van der Waals surface area contributed by atoms with Crippen LogP contribution in [-0.4, -0.2) is 25.3 Å². The van der Waals surface area contributed by atoms with Gasteiger partial charge in [-0.05, 0) is 38.1 Å². The lowest BCUT2D eigenvalue weighted by molar-refractivity contribution is 0.130. The maximum Gasteiger partial charge on any atom is 0.419 e. The largest absolute Gasteiger partial charge is 0.447 e. The molecule has 0 aliphatic heterocycles. The van der Waals surface area contributed by atoms with Gasteiger partial charge >= 0.3 is 12.2 Å². The molecule has 2 rings (SSSR count). The highest BCUT2D eigenvalue weighted by molar-refractivity contribution is 5.89. The van der Waals surface area contributed by atoms with Crippen LogP contribution >= 0.6 is 0 Å². The molecule has 24 heavy (non-hydrogen) atoms. The van der Waals surface area contributed by atoms with Crippen LogP contribution in [0.5, 0.6) is 5.75 Å². The predicted molar refractivity (Wildman–Crippen MR) is 92.6 cm³/mol. The van der Waals surface area contributed by atoms with E-state index in [4.69, 9.17) is 9.47 Å². The molecule has 0 aromatic heterocycles. The second kappa shape index (κ2) is 8.01. The van der Waals surface area contributed by atoms with Gasteiger partial charge in [0.15, 0.2) is 0 Å². The fourth-order valence-electron chi connectivity index (χ4n) is 1.93. The summed E-state index contributed by atoms with van der Waals surface area (Å²) < 4.78 is 10.3. The van der Waals surface area contributed by atoms with Crippen LogP contribution < -0.4 is 15.0 Å². The first-order valence-electron chi connectivity index (χ1n) is 7.54. The van der Waals surface area contributed by atoms with Crippen LogP contribution in [0, 0.1) is 0 Å². The molecule has 2 aromatic carbocycles. The van der Waals surface area contributed by atoms with E-state index in [-0.39, 0.29) is 6.10 Å². The van der Waals surface area contributed by atoms with Crippen LogP contribution in [-0.2, 0) is 4.74 Å². The van der Waals surface area contributed by atoms with Crippen LogP contribution in [0.25, 0.3) is 0 Å². The zero-order valence-corrected chi connectivity index (χ0v) is 13.9. The van der Waals surface area contributed by atoms with Gasteiger partial charge in [0.05, 0.1) is 6.10 Å². The lowest BCUT2D eigenvalue weighted by atomic mass is 10.3. The first kappa shape index (κ1) is 17.3. The lowest BCUT2D eigenvalue weighted by Crippen LogP contribution is -2.29. The normalized spacial score (nSPS) is 10.2. The highest BCUT2D eigenvalue weighted by atomic mass is 16.6. The van der Waals surface area contributed by atoms with E-state index in [0.29, 0.717) is 11.4 Å². The Labute approximate surface area is 141 Å². The smallest absolute Gasteiger partial charge is 0.419 e. The summed E-state index contributed by atoms with van der Waals surface area (Å²) >= 11 is 0. The van der Waals surface area contributed by atoms with Crippen LogP contribution in [0.15, 0.2) is 54.6 Å².